The first-order chi connectivity index (χ1) is 8.50. The number of carbonyl (C=O) groups is 1. The molecule has 1 amide bonds. The van der Waals surface area contributed by atoms with Crippen LogP contribution in [-0.2, 0) is 4.79 Å². The Balaban J connectivity index is 2.30. The van der Waals surface area contributed by atoms with Crippen LogP contribution < -0.4 is 0 Å². The van der Waals surface area contributed by atoms with Crippen molar-refractivity contribution in [3.8, 4) is 0 Å². The van der Waals surface area contributed by atoms with Gasteiger partial charge in [0.05, 0.1) is 6.04 Å². The highest BCUT2D eigenvalue weighted by atomic mass is 35.5. The maximum atomic E-state index is 12.3. The molecule has 1 aromatic rings. The first kappa shape index (κ1) is 13.4. The van der Waals surface area contributed by atoms with Gasteiger partial charge in [0.2, 0.25) is 5.91 Å². The molecule has 1 aromatic carbocycles. The molecular weight excluding hydrogens is 246 g/mol. The van der Waals surface area contributed by atoms with E-state index in [1.165, 1.54) is 5.56 Å². The predicted octanol–water partition coefficient (Wildman–Crippen LogP) is 4.05. The fourth-order valence-corrected chi connectivity index (χ4v) is 2.83. The van der Waals surface area contributed by atoms with Crippen molar-refractivity contribution in [3.05, 3.63) is 34.9 Å². The van der Waals surface area contributed by atoms with E-state index in [0.29, 0.717) is 0 Å². The zero-order valence-corrected chi connectivity index (χ0v) is 11.9. The van der Waals surface area contributed by atoms with Crippen molar-refractivity contribution in [1.82, 2.24) is 4.90 Å². The van der Waals surface area contributed by atoms with Crippen LogP contribution in [0.2, 0.25) is 5.02 Å². The second kappa shape index (κ2) is 5.31. The van der Waals surface area contributed by atoms with Gasteiger partial charge in [-0.2, -0.15) is 0 Å². The number of hydrogen-bond donors (Lipinski definition) is 0. The maximum absolute atomic E-state index is 12.3. The first-order valence-corrected chi connectivity index (χ1v) is 6.96. The van der Waals surface area contributed by atoms with E-state index >= 15 is 0 Å². The van der Waals surface area contributed by atoms with E-state index < -0.39 is 0 Å². The Morgan fingerprint density at radius 2 is 1.83 bits per heavy atom. The van der Waals surface area contributed by atoms with Gasteiger partial charge in [-0.1, -0.05) is 30.7 Å². The summed E-state index contributed by atoms with van der Waals surface area (Å²) in [5, 5.41) is 0.741. The number of benzene rings is 1. The molecule has 98 valence electrons. The van der Waals surface area contributed by atoms with E-state index in [0.717, 1.165) is 17.9 Å². The highest BCUT2D eigenvalue weighted by Gasteiger charge is 2.35. The van der Waals surface area contributed by atoms with E-state index in [4.69, 9.17) is 11.6 Å². The molecule has 3 heteroatoms. The van der Waals surface area contributed by atoms with Gasteiger partial charge in [0, 0.05) is 17.0 Å². The van der Waals surface area contributed by atoms with Crippen molar-refractivity contribution < 1.29 is 4.79 Å². The summed E-state index contributed by atoms with van der Waals surface area (Å²) in [6.45, 7) is 6.19. The van der Waals surface area contributed by atoms with Crippen molar-refractivity contribution in [3.63, 3.8) is 0 Å². The molecular formula is C15H20ClNO. The summed E-state index contributed by atoms with van der Waals surface area (Å²) in [5.74, 6) is 0.423. The highest BCUT2D eigenvalue weighted by Crippen LogP contribution is 2.35. The molecule has 0 saturated carbocycles. The van der Waals surface area contributed by atoms with Gasteiger partial charge < -0.3 is 4.90 Å². The lowest BCUT2D eigenvalue weighted by Gasteiger charge is -2.41. The topological polar surface area (TPSA) is 20.3 Å². The van der Waals surface area contributed by atoms with Gasteiger partial charge in [-0.05, 0) is 44.4 Å². The minimum Gasteiger partial charge on any atom is -0.333 e. The number of carbonyl (C=O) groups excluding carboxylic acids is 1. The number of amides is 1. The summed E-state index contributed by atoms with van der Waals surface area (Å²) < 4.78 is 0. The number of rotatable bonds is 2. The van der Waals surface area contributed by atoms with Crippen LogP contribution in [0.1, 0.15) is 45.2 Å². The van der Waals surface area contributed by atoms with Crippen molar-refractivity contribution in [2.24, 2.45) is 5.92 Å². The number of piperidine rings is 1. The Morgan fingerprint density at radius 3 is 2.39 bits per heavy atom. The third-order valence-electron chi connectivity index (χ3n) is 3.70. The van der Waals surface area contributed by atoms with E-state index in [9.17, 15) is 4.79 Å². The number of halogens is 1. The molecule has 1 heterocycles. The third kappa shape index (κ3) is 2.54. The Kier molecular flexibility index (Phi) is 3.96. The minimum atomic E-state index is 0.149. The van der Waals surface area contributed by atoms with Crippen LogP contribution in [0.15, 0.2) is 24.3 Å². The predicted molar refractivity (Wildman–Crippen MR) is 74.6 cm³/mol. The van der Waals surface area contributed by atoms with Gasteiger partial charge in [-0.3, -0.25) is 4.79 Å². The lowest BCUT2D eigenvalue weighted by molar-refractivity contribution is -0.143. The lowest BCUT2D eigenvalue weighted by Crippen LogP contribution is -2.46. The van der Waals surface area contributed by atoms with Crippen LogP contribution in [-0.4, -0.2) is 16.8 Å². The molecule has 1 aliphatic rings. The SMILES string of the molecule is CC(C)N1C(=O)[C@H](C)CC[C@H]1c1ccc(Cl)cc1. The summed E-state index contributed by atoms with van der Waals surface area (Å²) in [7, 11) is 0. The normalized spacial score (nSPS) is 24.7. The van der Waals surface area contributed by atoms with Crippen LogP contribution >= 0.6 is 11.6 Å². The smallest absolute Gasteiger partial charge is 0.226 e. The molecule has 0 aliphatic carbocycles. The zero-order chi connectivity index (χ0) is 13.3. The summed E-state index contributed by atoms with van der Waals surface area (Å²) in [6.07, 6.45) is 2.00. The molecule has 0 unspecified atom stereocenters. The van der Waals surface area contributed by atoms with Crippen LogP contribution in [0.3, 0.4) is 0 Å². The molecule has 1 aliphatic heterocycles. The molecule has 2 rings (SSSR count). The van der Waals surface area contributed by atoms with Crippen molar-refractivity contribution in [1.29, 1.82) is 0 Å². The molecule has 0 radical (unpaired) electrons. The summed E-state index contributed by atoms with van der Waals surface area (Å²) in [5.41, 5.74) is 1.19. The van der Waals surface area contributed by atoms with Crippen LogP contribution in [0.4, 0.5) is 0 Å². The molecule has 1 fully saturated rings. The summed E-state index contributed by atoms with van der Waals surface area (Å²) in [6, 6.07) is 8.31. The Morgan fingerprint density at radius 1 is 1.22 bits per heavy atom. The van der Waals surface area contributed by atoms with E-state index in [1.807, 2.05) is 36.1 Å². The van der Waals surface area contributed by atoms with Crippen LogP contribution in [0.25, 0.3) is 0 Å². The first-order valence-electron chi connectivity index (χ1n) is 6.58. The van der Waals surface area contributed by atoms with Crippen molar-refractivity contribution >= 4 is 17.5 Å². The second-order valence-electron chi connectivity index (χ2n) is 5.39. The molecule has 0 N–H and O–H groups in total. The highest BCUT2D eigenvalue weighted by molar-refractivity contribution is 6.30. The second-order valence-corrected chi connectivity index (χ2v) is 5.82. The third-order valence-corrected chi connectivity index (χ3v) is 3.95. The van der Waals surface area contributed by atoms with Gasteiger partial charge in [-0.15, -0.1) is 0 Å². The number of likely N-dealkylation sites (tertiary alicyclic amines) is 1. The van der Waals surface area contributed by atoms with Crippen molar-refractivity contribution in [2.75, 3.05) is 0 Å². The van der Waals surface area contributed by atoms with Gasteiger partial charge in [0.1, 0.15) is 0 Å². The van der Waals surface area contributed by atoms with Gasteiger partial charge in [0.25, 0.3) is 0 Å². The quantitative estimate of drug-likeness (QED) is 0.790. The summed E-state index contributed by atoms with van der Waals surface area (Å²) >= 11 is 5.92. The maximum Gasteiger partial charge on any atom is 0.226 e. The fraction of sp³-hybridized carbons (Fsp3) is 0.533. The van der Waals surface area contributed by atoms with E-state index in [2.05, 4.69) is 13.8 Å². The zero-order valence-electron chi connectivity index (χ0n) is 11.2. The van der Waals surface area contributed by atoms with E-state index in [1.54, 1.807) is 0 Å². The summed E-state index contributed by atoms with van der Waals surface area (Å²) in [4.78, 5) is 14.3. The molecule has 2 nitrogen and oxygen atoms in total. The molecule has 18 heavy (non-hydrogen) atoms. The Bertz CT molecular complexity index is 427. The fourth-order valence-electron chi connectivity index (χ4n) is 2.71. The number of nitrogens with zero attached hydrogens (tertiary/aromatic N) is 1. The van der Waals surface area contributed by atoms with Crippen molar-refractivity contribution in [2.45, 2.75) is 45.7 Å². The molecule has 0 bridgehead atoms. The monoisotopic (exact) mass is 265 g/mol. The van der Waals surface area contributed by atoms with Gasteiger partial charge in [0.15, 0.2) is 0 Å². The average molecular weight is 266 g/mol. The minimum absolute atomic E-state index is 0.149. The van der Waals surface area contributed by atoms with Crippen LogP contribution in [0, 0.1) is 5.92 Å². The van der Waals surface area contributed by atoms with Gasteiger partial charge in [-0.25, -0.2) is 0 Å². The standard InChI is InChI=1S/C15H20ClNO/c1-10(2)17-14(9-4-11(3)15(17)18)12-5-7-13(16)8-6-12/h5-8,10-11,14H,4,9H2,1-3H3/t11-,14+/m1/s1. The van der Waals surface area contributed by atoms with Gasteiger partial charge >= 0.3 is 0 Å². The van der Waals surface area contributed by atoms with E-state index in [-0.39, 0.29) is 23.9 Å². The molecule has 2 atom stereocenters. The molecule has 0 spiro atoms. The number of hydrogen-bond acceptors (Lipinski definition) is 1. The molecule has 1 saturated heterocycles. The Hall–Kier alpha value is -1.02. The molecule has 0 aromatic heterocycles. The Labute approximate surface area is 114 Å². The largest absolute Gasteiger partial charge is 0.333 e. The lowest BCUT2D eigenvalue weighted by atomic mass is 9.88. The van der Waals surface area contributed by atoms with Crippen LogP contribution in [0.5, 0.6) is 0 Å². The average Bonchev–Trinajstić information content (AvgIpc) is 2.33.